The molecule has 1 aromatic heterocycles. The van der Waals surface area contributed by atoms with Crippen LogP contribution < -0.4 is 10.6 Å². The first-order valence-corrected chi connectivity index (χ1v) is 9.56. The van der Waals surface area contributed by atoms with E-state index < -0.39 is 0 Å². The van der Waals surface area contributed by atoms with Crippen molar-refractivity contribution in [3.8, 4) is 11.3 Å². The van der Waals surface area contributed by atoms with Crippen molar-refractivity contribution in [2.24, 2.45) is 0 Å². The van der Waals surface area contributed by atoms with E-state index >= 15 is 0 Å². The zero-order chi connectivity index (χ0) is 20.3. The lowest BCUT2D eigenvalue weighted by Gasteiger charge is -2.20. The number of rotatable bonds is 5. The zero-order valence-electron chi connectivity index (χ0n) is 15.7. The molecule has 0 unspecified atom stereocenters. The summed E-state index contributed by atoms with van der Waals surface area (Å²) in [4.78, 5) is 0. The largest absolute Gasteiger partial charge is 0.456 e. The molecule has 0 bridgehead atoms. The molecule has 0 radical (unpaired) electrons. The van der Waals surface area contributed by atoms with E-state index in [2.05, 4.69) is 19.4 Å². The van der Waals surface area contributed by atoms with Gasteiger partial charge in [-0.15, -0.1) is 0 Å². The van der Waals surface area contributed by atoms with Crippen LogP contribution in [0.2, 0.25) is 5.02 Å². The van der Waals surface area contributed by atoms with Crippen LogP contribution in [0.15, 0.2) is 70.3 Å². The minimum absolute atomic E-state index is 0.281. The Balaban J connectivity index is 1.92. The predicted molar refractivity (Wildman–Crippen MR) is 118 cm³/mol. The van der Waals surface area contributed by atoms with Gasteiger partial charge in [-0.2, -0.15) is 0 Å². The monoisotopic (exact) mass is 413 g/mol. The van der Waals surface area contributed by atoms with Gasteiger partial charge in [-0.3, -0.25) is 0 Å². The van der Waals surface area contributed by atoms with Crippen molar-refractivity contribution in [2.75, 3.05) is 0 Å². The van der Waals surface area contributed by atoms with Crippen LogP contribution in [-0.4, -0.2) is 4.31 Å². The first-order chi connectivity index (χ1) is 13.3. The summed E-state index contributed by atoms with van der Waals surface area (Å²) >= 11 is 10.6. The third-order valence-electron chi connectivity index (χ3n) is 4.27. The van der Waals surface area contributed by atoms with Gasteiger partial charge >= 0.3 is 0 Å². The molecule has 0 N–H and O–H groups in total. The van der Waals surface area contributed by atoms with Crippen LogP contribution >= 0.6 is 24.4 Å². The molecule has 0 aliphatic carbocycles. The minimum atomic E-state index is -0.281. The Morgan fingerprint density at radius 2 is 1.79 bits per heavy atom. The van der Waals surface area contributed by atoms with Gasteiger partial charge in [0.15, 0.2) is 0 Å². The molecule has 0 aliphatic rings. The van der Waals surface area contributed by atoms with Crippen LogP contribution in [0.3, 0.4) is 0 Å². The number of benzene rings is 2. The Morgan fingerprint density at radius 3 is 2.39 bits per heavy atom. The van der Waals surface area contributed by atoms with Crippen LogP contribution in [-0.2, 0) is 6.54 Å². The number of hydrogen-bond acceptors (Lipinski definition) is 3. The average Bonchev–Trinajstić information content (AvgIpc) is 3.02. The Morgan fingerprint density at radius 1 is 1.14 bits per heavy atom. The smallest absolute Gasteiger partial charge is 0.136 e. The number of thiol groups is 1. The predicted octanol–water partition coefficient (Wildman–Crippen LogP) is 5.57. The summed E-state index contributed by atoms with van der Waals surface area (Å²) in [5, 5.41) is 1.46. The van der Waals surface area contributed by atoms with Gasteiger partial charge in [0.2, 0.25) is 0 Å². The van der Waals surface area contributed by atoms with Gasteiger partial charge in [-0.05, 0) is 61.9 Å². The summed E-state index contributed by atoms with van der Waals surface area (Å²) in [7, 11) is 0. The number of halogens is 2. The topological polar surface area (TPSA) is 16.4 Å². The summed E-state index contributed by atoms with van der Waals surface area (Å²) in [6.07, 6.45) is 1.92. The van der Waals surface area contributed by atoms with Crippen LogP contribution in [0, 0.1) is 5.82 Å². The molecule has 3 rings (SSSR count). The summed E-state index contributed by atoms with van der Waals surface area (Å²) in [6, 6.07) is 15.7. The van der Waals surface area contributed by atoms with Gasteiger partial charge in [-0.25, -0.2) is 4.39 Å². The van der Waals surface area contributed by atoms with E-state index in [0.29, 0.717) is 22.7 Å². The normalized spacial score (nSPS) is 11.5. The minimum Gasteiger partial charge on any atom is -0.456 e. The first-order valence-electron chi connectivity index (χ1n) is 8.78. The first kappa shape index (κ1) is 20.3. The summed E-state index contributed by atoms with van der Waals surface area (Å²) < 4.78 is 21.0. The summed E-state index contributed by atoms with van der Waals surface area (Å²) in [5.74, 6) is 0.365. The SMILES string of the molecule is C=c1cc(-c2ccc(F)cc2)o/c1=C/C(=C(C)C)N(S)Cc1ccc(Cl)cc1. The molecule has 144 valence electrons. The van der Waals surface area contributed by atoms with E-state index in [1.54, 1.807) is 12.1 Å². The van der Waals surface area contributed by atoms with Crippen molar-refractivity contribution >= 4 is 37.1 Å². The van der Waals surface area contributed by atoms with Crippen LogP contribution in [0.5, 0.6) is 0 Å². The molecular formula is C23H21ClFNOS. The second-order valence-electron chi connectivity index (χ2n) is 6.72. The van der Waals surface area contributed by atoms with Gasteiger partial charge in [-0.1, -0.05) is 48.7 Å². The molecule has 0 saturated carbocycles. The maximum atomic E-state index is 13.2. The van der Waals surface area contributed by atoms with Crippen molar-refractivity contribution in [2.45, 2.75) is 20.4 Å². The lowest BCUT2D eigenvalue weighted by Crippen LogP contribution is -2.20. The van der Waals surface area contributed by atoms with Crippen LogP contribution in [0.1, 0.15) is 19.4 Å². The lowest BCUT2D eigenvalue weighted by atomic mass is 10.1. The molecule has 2 aromatic carbocycles. The van der Waals surface area contributed by atoms with E-state index in [9.17, 15) is 4.39 Å². The van der Waals surface area contributed by atoms with E-state index in [0.717, 1.165) is 27.6 Å². The van der Waals surface area contributed by atoms with E-state index in [1.807, 2.05) is 54.6 Å². The molecule has 0 spiro atoms. The van der Waals surface area contributed by atoms with Gasteiger partial charge < -0.3 is 8.72 Å². The third kappa shape index (κ3) is 4.89. The van der Waals surface area contributed by atoms with Gasteiger partial charge in [0.1, 0.15) is 17.0 Å². The van der Waals surface area contributed by atoms with Gasteiger partial charge in [0, 0.05) is 27.6 Å². The highest BCUT2D eigenvalue weighted by atomic mass is 35.5. The lowest BCUT2D eigenvalue weighted by molar-refractivity contribution is 0.539. The van der Waals surface area contributed by atoms with E-state index in [4.69, 9.17) is 16.0 Å². The molecule has 5 heteroatoms. The maximum Gasteiger partial charge on any atom is 0.136 e. The molecule has 0 atom stereocenters. The van der Waals surface area contributed by atoms with Crippen molar-refractivity contribution in [1.82, 2.24) is 4.31 Å². The van der Waals surface area contributed by atoms with Crippen molar-refractivity contribution in [3.05, 3.63) is 92.9 Å². The summed E-state index contributed by atoms with van der Waals surface area (Å²) in [5.41, 5.74) is 4.54. The number of furan rings is 1. The Kier molecular flexibility index (Phi) is 6.32. The van der Waals surface area contributed by atoms with E-state index in [-0.39, 0.29) is 5.82 Å². The molecule has 1 heterocycles. The third-order valence-corrected chi connectivity index (χ3v) is 4.88. The van der Waals surface area contributed by atoms with Crippen molar-refractivity contribution in [3.63, 3.8) is 0 Å². The molecule has 0 fully saturated rings. The number of allylic oxidation sites excluding steroid dienone is 2. The molecule has 0 saturated heterocycles. The fourth-order valence-corrected chi connectivity index (χ4v) is 3.32. The van der Waals surface area contributed by atoms with Crippen LogP contribution in [0.25, 0.3) is 24.0 Å². The fraction of sp³-hybridized carbons (Fsp3) is 0.130. The van der Waals surface area contributed by atoms with Gasteiger partial charge in [0.25, 0.3) is 0 Å². The second kappa shape index (κ2) is 8.72. The summed E-state index contributed by atoms with van der Waals surface area (Å²) in [6.45, 7) is 8.71. The van der Waals surface area contributed by atoms with E-state index in [1.165, 1.54) is 12.1 Å². The molecule has 2 nitrogen and oxygen atoms in total. The molecule has 0 aliphatic heterocycles. The Hall–Kier alpha value is -2.43. The second-order valence-corrected chi connectivity index (χ2v) is 7.64. The highest BCUT2D eigenvalue weighted by Gasteiger charge is 2.09. The molecular weight excluding hydrogens is 393 g/mol. The van der Waals surface area contributed by atoms with Gasteiger partial charge in [0.05, 0.1) is 6.54 Å². The van der Waals surface area contributed by atoms with Crippen molar-refractivity contribution in [1.29, 1.82) is 0 Å². The highest BCUT2D eigenvalue weighted by molar-refractivity contribution is 7.77. The zero-order valence-corrected chi connectivity index (χ0v) is 17.4. The fourth-order valence-electron chi connectivity index (χ4n) is 2.77. The molecule has 0 amide bonds. The Labute approximate surface area is 174 Å². The maximum absolute atomic E-state index is 13.2. The molecule has 28 heavy (non-hydrogen) atoms. The van der Waals surface area contributed by atoms with Crippen LogP contribution in [0.4, 0.5) is 4.39 Å². The average molecular weight is 414 g/mol. The Bertz CT molecular complexity index is 1100. The number of hydrogen-bond donors (Lipinski definition) is 1. The number of nitrogens with zero attached hydrogens (tertiary/aromatic N) is 1. The quantitative estimate of drug-likeness (QED) is 0.550. The standard InChI is InChI=1S/C23H21ClFNOS/c1-15(2)21(26(28)14-17-4-8-19(24)9-5-17)13-22-16(3)12-23(27-22)18-6-10-20(25)11-7-18/h4-13,28H,3,14H2,1-2H3/b22-13+. The van der Waals surface area contributed by atoms with Crippen molar-refractivity contribution < 1.29 is 8.81 Å². The molecule has 3 aromatic rings. The highest BCUT2D eigenvalue weighted by Crippen LogP contribution is 2.20.